The van der Waals surface area contributed by atoms with E-state index in [2.05, 4.69) is 0 Å². The lowest BCUT2D eigenvalue weighted by atomic mass is 10.0. The van der Waals surface area contributed by atoms with Crippen molar-refractivity contribution in [1.29, 1.82) is 0 Å². The Balaban J connectivity index is 2.56. The van der Waals surface area contributed by atoms with Gasteiger partial charge < -0.3 is 15.6 Å². The monoisotopic (exact) mass is 251 g/mol. The lowest BCUT2D eigenvalue weighted by Gasteiger charge is -2.24. The number of carbonyl (C=O) groups excluding carboxylic acids is 1. The molecule has 0 saturated heterocycles. The minimum absolute atomic E-state index is 0.432. The topological polar surface area (TPSA) is 72.5 Å². The van der Waals surface area contributed by atoms with Crippen LogP contribution in [0.4, 0.5) is 0 Å². The van der Waals surface area contributed by atoms with Crippen LogP contribution in [0.15, 0.2) is 30.3 Å². The minimum Gasteiger partial charge on any atom is -0.458 e. The Labute approximate surface area is 108 Å². The number of nitrogens with two attached hydrogens (primary N) is 1. The molecule has 0 aliphatic carbocycles. The molecule has 1 rings (SSSR count). The number of aliphatic hydroxyl groups excluding tert-OH is 1. The molecule has 1 aromatic rings. The second-order valence-corrected chi connectivity index (χ2v) is 5.33. The average molecular weight is 251 g/mol. The molecule has 0 aliphatic heterocycles. The Morgan fingerprint density at radius 1 is 1.33 bits per heavy atom. The Hall–Kier alpha value is -1.39. The number of aliphatic hydroxyl groups is 1. The molecule has 0 heterocycles. The van der Waals surface area contributed by atoms with E-state index in [-0.39, 0.29) is 0 Å². The van der Waals surface area contributed by atoms with Crippen LogP contribution in [-0.2, 0) is 16.0 Å². The summed E-state index contributed by atoms with van der Waals surface area (Å²) in [6.07, 6.45) is -0.870. The highest BCUT2D eigenvalue weighted by molar-refractivity contribution is 5.75. The van der Waals surface area contributed by atoms with E-state index < -0.39 is 23.7 Å². The maximum atomic E-state index is 11.6. The van der Waals surface area contributed by atoms with Gasteiger partial charge in [-0.3, -0.25) is 0 Å². The molecule has 18 heavy (non-hydrogen) atoms. The fourth-order valence-corrected chi connectivity index (χ4v) is 1.53. The fraction of sp³-hybridized carbons (Fsp3) is 0.500. The van der Waals surface area contributed by atoms with E-state index in [0.29, 0.717) is 6.42 Å². The summed E-state index contributed by atoms with van der Waals surface area (Å²) >= 11 is 0. The summed E-state index contributed by atoms with van der Waals surface area (Å²) in [6, 6.07) is 8.83. The lowest BCUT2D eigenvalue weighted by Crippen LogP contribution is -2.45. The van der Waals surface area contributed by atoms with Gasteiger partial charge in [-0.25, -0.2) is 4.79 Å². The van der Waals surface area contributed by atoms with Crippen LogP contribution in [0.1, 0.15) is 26.3 Å². The molecule has 2 atom stereocenters. The Kier molecular flexibility index (Phi) is 4.87. The minimum atomic E-state index is -1.30. The number of esters is 1. The normalized spacial score (nSPS) is 14.9. The molecule has 1 aromatic carbocycles. The summed E-state index contributed by atoms with van der Waals surface area (Å²) in [5.74, 6) is -0.675. The smallest absolute Gasteiger partial charge is 0.337 e. The van der Waals surface area contributed by atoms with Gasteiger partial charge >= 0.3 is 5.97 Å². The van der Waals surface area contributed by atoms with Crippen molar-refractivity contribution in [2.24, 2.45) is 5.73 Å². The van der Waals surface area contributed by atoms with Gasteiger partial charge in [-0.2, -0.15) is 0 Å². The summed E-state index contributed by atoms with van der Waals surface area (Å²) in [5.41, 5.74) is 6.18. The highest BCUT2D eigenvalue weighted by Crippen LogP contribution is 2.11. The molecule has 0 aliphatic rings. The first kappa shape index (κ1) is 14.7. The molecule has 4 heteroatoms. The molecule has 3 N–H and O–H groups in total. The van der Waals surface area contributed by atoms with Crippen LogP contribution in [-0.4, -0.2) is 28.8 Å². The molecule has 0 spiro atoms. The standard InChI is InChI=1S/C14H21NO3/c1-14(2,3)18-13(17)12(16)11(15)9-10-7-5-4-6-8-10/h4-8,11-12,16H,9,15H2,1-3H3/t11-,12?/m0/s1. The van der Waals surface area contributed by atoms with Crippen LogP contribution < -0.4 is 5.73 Å². The Bertz CT molecular complexity index is 384. The van der Waals surface area contributed by atoms with Crippen molar-refractivity contribution in [1.82, 2.24) is 0 Å². The van der Waals surface area contributed by atoms with E-state index in [4.69, 9.17) is 10.5 Å². The molecule has 0 radical (unpaired) electrons. The lowest BCUT2D eigenvalue weighted by molar-refractivity contribution is -0.166. The van der Waals surface area contributed by atoms with Crippen LogP contribution in [0, 0.1) is 0 Å². The zero-order chi connectivity index (χ0) is 13.8. The second kappa shape index (κ2) is 5.98. The van der Waals surface area contributed by atoms with E-state index in [1.807, 2.05) is 30.3 Å². The van der Waals surface area contributed by atoms with Gasteiger partial charge in [-0.1, -0.05) is 30.3 Å². The number of rotatable bonds is 4. The van der Waals surface area contributed by atoms with E-state index in [0.717, 1.165) is 5.56 Å². The molecule has 0 saturated carbocycles. The van der Waals surface area contributed by atoms with Gasteiger partial charge in [-0.15, -0.1) is 0 Å². The third kappa shape index (κ3) is 4.85. The van der Waals surface area contributed by atoms with Crippen molar-refractivity contribution in [3.8, 4) is 0 Å². The predicted octanol–water partition coefficient (Wildman–Crippen LogP) is 1.26. The molecular weight excluding hydrogens is 230 g/mol. The van der Waals surface area contributed by atoms with Gasteiger partial charge in [0, 0.05) is 6.04 Å². The average Bonchev–Trinajstić information content (AvgIpc) is 2.27. The van der Waals surface area contributed by atoms with Gasteiger partial charge in [0.2, 0.25) is 0 Å². The Morgan fingerprint density at radius 2 is 1.89 bits per heavy atom. The number of ether oxygens (including phenoxy) is 1. The van der Waals surface area contributed by atoms with E-state index in [1.165, 1.54) is 0 Å². The molecular formula is C14H21NO3. The van der Waals surface area contributed by atoms with Crippen molar-refractivity contribution in [2.75, 3.05) is 0 Å². The van der Waals surface area contributed by atoms with Crippen LogP contribution in [0.3, 0.4) is 0 Å². The van der Waals surface area contributed by atoms with Crippen molar-refractivity contribution in [3.05, 3.63) is 35.9 Å². The first-order chi connectivity index (χ1) is 8.29. The third-order valence-electron chi connectivity index (χ3n) is 2.37. The van der Waals surface area contributed by atoms with Crippen molar-refractivity contribution in [2.45, 2.75) is 44.9 Å². The summed E-state index contributed by atoms with van der Waals surface area (Å²) in [6.45, 7) is 5.25. The van der Waals surface area contributed by atoms with Gasteiger partial charge in [-0.05, 0) is 32.8 Å². The molecule has 0 bridgehead atoms. The van der Waals surface area contributed by atoms with Gasteiger partial charge in [0.25, 0.3) is 0 Å². The fourth-order valence-electron chi connectivity index (χ4n) is 1.53. The first-order valence-corrected chi connectivity index (χ1v) is 6.00. The molecule has 4 nitrogen and oxygen atoms in total. The SMILES string of the molecule is CC(C)(C)OC(=O)C(O)[C@@H](N)Cc1ccccc1. The van der Waals surface area contributed by atoms with Gasteiger partial charge in [0.1, 0.15) is 5.60 Å². The molecule has 100 valence electrons. The molecule has 0 aromatic heterocycles. The maximum Gasteiger partial charge on any atom is 0.337 e. The predicted molar refractivity (Wildman–Crippen MR) is 70.0 cm³/mol. The maximum absolute atomic E-state index is 11.6. The van der Waals surface area contributed by atoms with Crippen LogP contribution in [0.2, 0.25) is 0 Å². The highest BCUT2D eigenvalue weighted by atomic mass is 16.6. The van der Waals surface area contributed by atoms with E-state index in [1.54, 1.807) is 20.8 Å². The van der Waals surface area contributed by atoms with Crippen molar-refractivity contribution >= 4 is 5.97 Å². The zero-order valence-electron chi connectivity index (χ0n) is 11.1. The van der Waals surface area contributed by atoms with Crippen molar-refractivity contribution in [3.63, 3.8) is 0 Å². The number of hydrogen-bond donors (Lipinski definition) is 2. The van der Waals surface area contributed by atoms with Crippen LogP contribution >= 0.6 is 0 Å². The zero-order valence-corrected chi connectivity index (χ0v) is 11.1. The quantitative estimate of drug-likeness (QED) is 0.790. The van der Waals surface area contributed by atoms with Crippen molar-refractivity contribution < 1.29 is 14.6 Å². The summed E-state index contributed by atoms with van der Waals surface area (Å²) in [7, 11) is 0. The van der Waals surface area contributed by atoms with E-state index in [9.17, 15) is 9.90 Å². The number of benzene rings is 1. The van der Waals surface area contributed by atoms with Gasteiger partial charge in [0.05, 0.1) is 0 Å². The highest BCUT2D eigenvalue weighted by Gasteiger charge is 2.28. The van der Waals surface area contributed by atoms with E-state index >= 15 is 0 Å². The summed E-state index contributed by atoms with van der Waals surface area (Å²) in [5, 5.41) is 9.81. The third-order valence-corrected chi connectivity index (χ3v) is 2.37. The van der Waals surface area contributed by atoms with Crippen LogP contribution in [0.5, 0.6) is 0 Å². The number of hydrogen-bond acceptors (Lipinski definition) is 4. The first-order valence-electron chi connectivity index (χ1n) is 6.00. The summed E-state index contributed by atoms with van der Waals surface area (Å²) in [4.78, 5) is 11.6. The largest absolute Gasteiger partial charge is 0.458 e. The molecule has 1 unspecified atom stereocenters. The molecule has 0 amide bonds. The number of carbonyl (C=O) groups is 1. The molecule has 0 fully saturated rings. The second-order valence-electron chi connectivity index (χ2n) is 5.33. The van der Waals surface area contributed by atoms with Gasteiger partial charge in [0.15, 0.2) is 6.10 Å². The summed E-state index contributed by atoms with van der Waals surface area (Å²) < 4.78 is 5.09. The van der Waals surface area contributed by atoms with Crippen LogP contribution in [0.25, 0.3) is 0 Å². The Morgan fingerprint density at radius 3 is 2.39 bits per heavy atom.